The summed E-state index contributed by atoms with van der Waals surface area (Å²) < 4.78 is 2.03. The predicted octanol–water partition coefficient (Wildman–Crippen LogP) is 3.99. The molecule has 0 aliphatic carbocycles. The molecule has 138 valence electrons. The molecule has 5 heteroatoms. The van der Waals surface area contributed by atoms with Gasteiger partial charge in [0, 0.05) is 35.2 Å². The molecule has 1 heterocycles. The van der Waals surface area contributed by atoms with E-state index in [0.29, 0.717) is 12.1 Å². The van der Waals surface area contributed by atoms with Crippen molar-refractivity contribution in [1.29, 1.82) is 10.5 Å². The number of amides is 1. The second-order valence-corrected chi connectivity index (χ2v) is 6.80. The van der Waals surface area contributed by atoms with Crippen LogP contribution in [0, 0.1) is 22.7 Å². The molecule has 0 aliphatic rings. The summed E-state index contributed by atoms with van der Waals surface area (Å²) in [7, 11) is 0. The van der Waals surface area contributed by atoms with Crippen molar-refractivity contribution < 1.29 is 4.79 Å². The van der Waals surface area contributed by atoms with Crippen molar-refractivity contribution in [3.05, 3.63) is 77.0 Å². The number of hydrogen-bond acceptors (Lipinski definition) is 3. The predicted molar refractivity (Wildman–Crippen MR) is 109 cm³/mol. The van der Waals surface area contributed by atoms with Crippen molar-refractivity contribution >= 4 is 22.9 Å². The fourth-order valence-corrected chi connectivity index (χ4v) is 3.12. The molecule has 2 aromatic carbocycles. The Morgan fingerprint density at radius 2 is 1.86 bits per heavy atom. The molecule has 1 amide bonds. The van der Waals surface area contributed by atoms with Gasteiger partial charge in [0.05, 0.1) is 11.6 Å². The van der Waals surface area contributed by atoms with E-state index in [2.05, 4.69) is 11.4 Å². The second kappa shape index (κ2) is 8.24. The Hall–Kier alpha value is -3.83. The maximum Gasteiger partial charge on any atom is 0.262 e. The standard InChI is InChI=1S/C23H20N4O/c1-16(2)26-23(28)19(13-25)11-20-15-27(22-10-6-5-9-21(20)22)14-18-8-4-3-7-17(18)12-24/h3-11,15-16H,14H2,1-2H3,(H,26,28)/b19-11-. The molecule has 0 spiro atoms. The Kier molecular flexibility index (Phi) is 5.58. The van der Waals surface area contributed by atoms with Gasteiger partial charge in [0.15, 0.2) is 0 Å². The van der Waals surface area contributed by atoms with Gasteiger partial charge < -0.3 is 9.88 Å². The van der Waals surface area contributed by atoms with E-state index in [-0.39, 0.29) is 17.5 Å². The highest BCUT2D eigenvalue weighted by Crippen LogP contribution is 2.25. The number of aromatic nitrogens is 1. The largest absolute Gasteiger partial charge is 0.349 e. The average molecular weight is 368 g/mol. The van der Waals surface area contributed by atoms with Gasteiger partial charge in [-0.05, 0) is 37.6 Å². The minimum Gasteiger partial charge on any atom is -0.349 e. The molecule has 5 nitrogen and oxygen atoms in total. The highest BCUT2D eigenvalue weighted by molar-refractivity contribution is 6.04. The maximum atomic E-state index is 12.3. The van der Waals surface area contributed by atoms with Gasteiger partial charge in [-0.25, -0.2) is 0 Å². The van der Waals surface area contributed by atoms with Gasteiger partial charge in [-0.3, -0.25) is 4.79 Å². The van der Waals surface area contributed by atoms with Gasteiger partial charge in [0.1, 0.15) is 11.6 Å². The average Bonchev–Trinajstić information content (AvgIpc) is 3.03. The van der Waals surface area contributed by atoms with E-state index in [0.717, 1.165) is 22.0 Å². The number of nitriles is 2. The van der Waals surface area contributed by atoms with Crippen molar-refractivity contribution in [1.82, 2.24) is 9.88 Å². The lowest BCUT2D eigenvalue weighted by molar-refractivity contribution is -0.117. The van der Waals surface area contributed by atoms with E-state index in [1.807, 2.05) is 73.1 Å². The summed E-state index contributed by atoms with van der Waals surface area (Å²) in [6.07, 6.45) is 3.53. The SMILES string of the molecule is CC(C)NC(=O)/C(C#N)=C\c1cn(Cc2ccccc2C#N)c2ccccc12. The van der Waals surface area contributed by atoms with E-state index >= 15 is 0 Å². The number of nitrogens with zero attached hydrogens (tertiary/aromatic N) is 3. The number of carbonyl (C=O) groups is 1. The van der Waals surface area contributed by atoms with E-state index in [9.17, 15) is 15.3 Å². The number of rotatable bonds is 5. The highest BCUT2D eigenvalue weighted by Gasteiger charge is 2.13. The summed E-state index contributed by atoms with van der Waals surface area (Å²) >= 11 is 0. The zero-order valence-corrected chi connectivity index (χ0v) is 15.8. The van der Waals surface area contributed by atoms with Gasteiger partial charge in [-0.2, -0.15) is 10.5 Å². The topological polar surface area (TPSA) is 81.6 Å². The first-order chi connectivity index (χ1) is 13.5. The number of hydrogen-bond donors (Lipinski definition) is 1. The van der Waals surface area contributed by atoms with Crippen LogP contribution in [0.3, 0.4) is 0 Å². The van der Waals surface area contributed by atoms with Crippen LogP contribution < -0.4 is 5.32 Å². The fraction of sp³-hybridized carbons (Fsp3) is 0.174. The van der Waals surface area contributed by atoms with E-state index < -0.39 is 0 Å². The van der Waals surface area contributed by atoms with Gasteiger partial charge in [0.25, 0.3) is 5.91 Å². The van der Waals surface area contributed by atoms with Crippen LogP contribution in [0.1, 0.15) is 30.5 Å². The quantitative estimate of drug-likeness (QED) is 0.546. The van der Waals surface area contributed by atoms with Gasteiger partial charge >= 0.3 is 0 Å². The first-order valence-electron chi connectivity index (χ1n) is 9.02. The molecule has 3 aromatic rings. The van der Waals surface area contributed by atoms with E-state index in [4.69, 9.17) is 0 Å². The summed E-state index contributed by atoms with van der Waals surface area (Å²) in [6, 6.07) is 19.5. The Morgan fingerprint density at radius 1 is 1.14 bits per heavy atom. The second-order valence-electron chi connectivity index (χ2n) is 6.80. The molecule has 0 bridgehead atoms. The van der Waals surface area contributed by atoms with Crippen molar-refractivity contribution in [2.24, 2.45) is 0 Å². The molecule has 0 radical (unpaired) electrons. The van der Waals surface area contributed by atoms with Crippen molar-refractivity contribution in [3.8, 4) is 12.1 Å². The number of fused-ring (bicyclic) bond motifs is 1. The monoisotopic (exact) mass is 368 g/mol. The van der Waals surface area contributed by atoms with Gasteiger partial charge in [-0.15, -0.1) is 0 Å². The molecule has 3 rings (SSSR count). The number of benzene rings is 2. The molecule has 0 fully saturated rings. The first-order valence-corrected chi connectivity index (χ1v) is 9.02. The third-order valence-electron chi connectivity index (χ3n) is 4.38. The Balaban J connectivity index is 2.06. The number of carbonyl (C=O) groups excluding carboxylic acids is 1. The molecule has 0 saturated heterocycles. The molecule has 0 saturated carbocycles. The molecular weight excluding hydrogens is 348 g/mol. The summed E-state index contributed by atoms with van der Waals surface area (Å²) in [5.74, 6) is -0.385. The molecule has 28 heavy (non-hydrogen) atoms. The van der Waals surface area contributed by atoms with Crippen LogP contribution >= 0.6 is 0 Å². The normalized spacial score (nSPS) is 11.2. The molecule has 0 unspecified atom stereocenters. The number of para-hydroxylation sites is 1. The minimum absolute atomic E-state index is 0.0481. The maximum absolute atomic E-state index is 12.3. The summed E-state index contributed by atoms with van der Waals surface area (Å²) in [6.45, 7) is 4.23. The first kappa shape index (κ1) is 18.9. The van der Waals surface area contributed by atoms with Crippen LogP contribution in [0.4, 0.5) is 0 Å². The minimum atomic E-state index is -0.385. The lowest BCUT2D eigenvalue weighted by Gasteiger charge is -2.07. The van der Waals surface area contributed by atoms with Crippen LogP contribution in [0.2, 0.25) is 0 Å². The Labute approximate surface area is 164 Å². The van der Waals surface area contributed by atoms with Crippen molar-refractivity contribution in [2.75, 3.05) is 0 Å². The molecule has 0 aliphatic heterocycles. The van der Waals surface area contributed by atoms with Crippen molar-refractivity contribution in [3.63, 3.8) is 0 Å². The lowest BCUT2D eigenvalue weighted by atomic mass is 10.1. The Bertz CT molecular complexity index is 1140. The van der Waals surface area contributed by atoms with Crippen LogP contribution in [-0.4, -0.2) is 16.5 Å². The molecular formula is C23H20N4O. The van der Waals surface area contributed by atoms with Crippen LogP contribution in [-0.2, 0) is 11.3 Å². The summed E-state index contributed by atoms with van der Waals surface area (Å²) in [5, 5.41) is 22.5. The fourth-order valence-electron chi connectivity index (χ4n) is 3.12. The Morgan fingerprint density at radius 3 is 2.57 bits per heavy atom. The molecule has 1 N–H and O–H groups in total. The van der Waals surface area contributed by atoms with Crippen molar-refractivity contribution in [2.45, 2.75) is 26.4 Å². The zero-order valence-electron chi connectivity index (χ0n) is 15.8. The van der Waals surface area contributed by atoms with Crippen LogP contribution in [0.25, 0.3) is 17.0 Å². The van der Waals surface area contributed by atoms with Crippen LogP contribution in [0.5, 0.6) is 0 Å². The third kappa shape index (κ3) is 3.95. The third-order valence-corrected chi connectivity index (χ3v) is 4.38. The zero-order chi connectivity index (χ0) is 20.1. The lowest BCUT2D eigenvalue weighted by Crippen LogP contribution is -2.30. The van der Waals surface area contributed by atoms with Crippen LogP contribution in [0.15, 0.2) is 60.3 Å². The molecule has 0 atom stereocenters. The van der Waals surface area contributed by atoms with E-state index in [1.165, 1.54) is 0 Å². The summed E-state index contributed by atoms with van der Waals surface area (Å²) in [5.41, 5.74) is 3.38. The number of nitrogens with one attached hydrogen (secondary N) is 1. The van der Waals surface area contributed by atoms with E-state index in [1.54, 1.807) is 12.1 Å². The molecule has 1 aromatic heterocycles. The highest BCUT2D eigenvalue weighted by atomic mass is 16.1. The van der Waals surface area contributed by atoms with Gasteiger partial charge in [0.2, 0.25) is 0 Å². The van der Waals surface area contributed by atoms with Gasteiger partial charge in [-0.1, -0.05) is 36.4 Å². The smallest absolute Gasteiger partial charge is 0.262 e. The summed E-state index contributed by atoms with van der Waals surface area (Å²) in [4.78, 5) is 12.3.